The number of rotatable bonds is 5. The van der Waals surface area contributed by atoms with Crippen LogP contribution < -0.4 is 5.32 Å². The van der Waals surface area contributed by atoms with Gasteiger partial charge in [0, 0.05) is 31.4 Å². The molecule has 1 aliphatic rings. The number of nitrogens with zero attached hydrogens (tertiary/aromatic N) is 3. The molecule has 146 valence electrons. The van der Waals surface area contributed by atoms with Crippen LogP contribution in [0.2, 0.25) is 0 Å². The number of halogens is 3. The van der Waals surface area contributed by atoms with E-state index in [9.17, 15) is 13.2 Å². The van der Waals surface area contributed by atoms with Crippen molar-refractivity contribution in [3.63, 3.8) is 0 Å². The molecule has 3 rings (SSSR count). The van der Waals surface area contributed by atoms with Gasteiger partial charge in [0.15, 0.2) is 5.96 Å². The Labute approximate surface area is 161 Å². The van der Waals surface area contributed by atoms with Gasteiger partial charge in [-0.1, -0.05) is 18.2 Å². The molecule has 4 nitrogen and oxygen atoms in total. The third kappa shape index (κ3) is 4.61. The summed E-state index contributed by atoms with van der Waals surface area (Å²) in [5, 5.41) is 6.36. The van der Waals surface area contributed by atoms with Gasteiger partial charge in [-0.2, -0.15) is 13.2 Å². The molecule has 0 unspecified atom stereocenters. The van der Waals surface area contributed by atoms with Crippen molar-refractivity contribution in [3.05, 3.63) is 51.5 Å². The van der Waals surface area contributed by atoms with Crippen molar-refractivity contribution in [1.82, 2.24) is 15.2 Å². The molecule has 0 bridgehead atoms. The molecule has 2 aromatic rings. The number of aliphatic imine (C=N–C) groups is 1. The minimum Gasteiger partial charge on any atom is -0.355 e. The molecule has 1 aromatic carbocycles. The van der Waals surface area contributed by atoms with Gasteiger partial charge in [0.05, 0.1) is 22.8 Å². The summed E-state index contributed by atoms with van der Waals surface area (Å²) < 4.78 is 39.0. The third-order valence-electron chi connectivity index (χ3n) is 4.88. The Balaban J connectivity index is 1.66. The number of hydrogen-bond acceptors (Lipinski definition) is 3. The lowest BCUT2D eigenvalue weighted by Crippen LogP contribution is -2.42. The normalized spacial score (nSPS) is 16.3. The summed E-state index contributed by atoms with van der Waals surface area (Å²) in [6.07, 6.45) is -2.58. The molecule has 1 saturated carbocycles. The van der Waals surface area contributed by atoms with Gasteiger partial charge >= 0.3 is 6.18 Å². The second-order valence-corrected chi connectivity index (χ2v) is 8.04. The van der Waals surface area contributed by atoms with E-state index in [1.165, 1.54) is 12.1 Å². The Morgan fingerprint density at radius 3 is 2.67 bits per heavy atom. The van der Waals surface area contributed by atoms with Gasteiger partial charge in [-0.25, -0.2) is 4.98 Å². The van der Waals surface area contributed by atoms with Gasteiger partial charge in [-0.3, -0.25) is 4.99 Å². The highest BCUT2D eigenvalue weighted by atomic mass is 32.1. The van der Waals surface area contributed by atoms with Gasteiger partial charge in [0.25, 0.3) is 0 Å². The Kier molecular flexibility index (Phi) is 5.46. The highest BCUT2D eigenvalue weighted by Gasteiger charge is 2.45. The first-order chi connectivity index (χ1) is 12.7. The highest BCUT2D eigenvalue weighted by Crippen LogP contribution is 2.48. The molecule has 0 saturated heterocycles. The van der Waals surface area contributed by atoms with Gasteiger partial charge in [0.1, 0.15) is 0 Å². The maximum absolute atomic E-state index is 13.0. The lowest BCUT2D eigenvalue weighted by molar-refractivity contribution is -0.137. The summed E-state index contributed by atoms with van der Waals surface area (Å²) in [6, 6.07) is 5.67. The smallest absolute Gasteiger partial charge is 0.355 e. The number of guanidine groups is 1. The fourth-order valence-corrected chi connectivity index (χ4v) is 3.78. The van der Waals surface area contributed by atoms with Crippen LogP contribution in [0.25, 0.3) is 0 Å². The van der Waals surface area contributed by atoms with Crippen molar-refractivity contribution in [2.24, 2.45) is 4.99 Å². The molecule has 1 N–H and O–H groups in total. The minimum atomic E-state index is -4.32. The molecule has 0 spiro atoms. The molecule has 0 aliphatic heterocycles. The fourth-order valence-electron chi connectivity index (χ4n) is 3.18. The van der Waals surface area contributed by atoms with Crippen LogP contribution >= 0.6 is 11.3 Å². The third-order valence-corrected chi connectivity index (χ3v) is 5.70. The van der Waals surface area contributed by atoms with Crippen molar-refractivity contribution in [2.75, 3.05) is 20.6 Å². The van der Waals surface area contributed by atoms with Crippen LogP contribution in [0, 0.1) is 6.92 Å². The van der Waals surface area contributed by atoms with Crippen LogP contribution in [-0.2, 0) is 18.1 Å². The fraction of sp³-hybridized carbons (Fsp3) is 0.474. The van der Waals surface area contributed by atoms with E-state index in [0.29, 0.717) is 19.0 Å². The first-order valence-electron chi connectivity index (χ1n) is 8.74. The molecule has 0 amide bonds. The van der Waals surface area contributed by atoms with Crippen molar-refractivity contribution >= 4 is 17.3 Å². The van der Waals surface area contributed by atoms with Crippen LogP contribution in [0.4, 0.5) is 13.2 Å². The van der Waals surface area contributed by atoms with Crippen LogP contribution in [0.3, 0.4) is 0 Å². The summed E-state index contributed by atoms with van der Waals surface area (Å²) in [5.74, 6) is 0.707. The van der Waals surface area contributed by atoms with Crippen molar-refractivity contribution in [3.8, 4) is 0 Å². The van der Waals surface area contributed by atoms with E-state index in [1.807, 2.05) is 24.3 Å². The standard InChI is InChI=1S/C19H23F3N4S/c1-13-25-16(11-27-13)10-26(3)17(23-2)24-12-18(7-8-18)14-5-4-6-15(9-14)19(20,21)22/h4-6,9,11H,7-8,10,12H2,1-3H3,(H,23,24). The molecule has 27 heavy (non-hydrogen) atoms. The largest absolute Gasteiger partial charge is 0.416 e. The molecule has 1 aromatic heterocycles. The van der Waals surface area contributed by atoms with Crippen molar-refractivity contribution in [2.45, 2.75) is 37.9 Å². The number of alkyl halides is 3. The summed E-state index contributed by atoms with van der Waals surface area (Å²) >= 11 is 1.60. The zero-order valence-corrected chi connectivity index (χ0v) is 16.4. The highest BCUT2D eigenvalue weighted by molar-refractivity contribution is 7.09. The van der Waals surface area contributed by atoms with E-state index >= 15 is 0 Å². The Morgan fingerprint density at radius 2 is 2.11 bits per heavy atom. The van der Waals surface area contributed by atoms with E-state index in [4.69, 9.17) is 0 Å². The summed E-state index contributed by atoms with van der Waals surface area (Å²) in [5.41, 5.74) is 0.863. The van der Waals surface area contributed by atoms with E-state index in [2.05, 4.69) is 15.3 Å². The number of hydrogen-bond donors (Lipinski definition) is 1. The van der Waals surface area contributed by atoms with E-state index < -0.39 is 11.7 Å². The zero-order valence-electron chi connectivity index (χ0n) is 15.6. The topological polar surface area (TPSA) is 40.5 Å². The SMILES string of the molecule is CN=C(NCC1(c2cccc(C(F)(F)F)c2)CC1)N(C)Cc1csc(C)n1. The van der Waals surface area contributed by atoms with Gasteiger partial charge in [-0.15, -0.1) is 11.3 Å². The van der Waals surface area contributed by atoms with E-state index in [1.54, 1.807) is 24.5 Å². The predicted molar refractivity (Wildman–Crippen MR) is 102 cm³/mol. The van der Waals surface area contributed by atoms with Gasteiger partial charge < -0.3 is 10.2 Å². The van der Waals surface area contributed by atoms with Gasteiger partial charge in [0.2, 0.25) is 0 Å². The maximum Gasteiger partial charge on any atom is 0.416 e. The first-order valence-corrected chi connectivity index (χ1v) is 9.62. The molecule has 1 heterocycles. The van der Waals surface area contributed by atoms with Crippen LogP contribution in [0.5, 0.6) is 0 Å². The Morgan fingerprint density at radius 1 is 1.37 bits per heavy atom. The second kappa shape index (κ2) is 7.50. The number of benzene rings is 1. The maximum atomic E-state index is 13.0. The summed E-state index contributed by atoms with van der Waals surface area (Å²) in [7, 11) is 3.63. The van der Waals surface area contributed by atoms with Crippen LogP contribution in [0.15, 0.2) is 34.6 Å². The monoisotopic (exact) mass is 396 g/mol. The molecule has 0 atom stereocenters. The number of nitrogens with one attached hydrogen (secondary N) is 1. The first kappa shape index (κ1) is 19.7. The lowest BCUT2D eigenvalue weighted by Gasteiger charge is -2.24. The van der Waals surface area contributed by atoms with Crippen LogP contribution in [0.1, 0.15) is 34.7 Å². The zero-order chi connectivity index (χ0) is 19.7. The molecule has 8 heteroatoms. The quantitative estimate of drug-likeness (QED) is 0.608. The molecule has 1 fully saturated rings. The second-order valence-electron chi connectivity index (χ2n) is 6.97. The number of aromatic nitrogens is 1. The van der Waals surface area contributed by atoms with Crippen molar-refractivity contribution in [1.29, 1.82) is 0 Å². The number of aryl methyl sites for hydroxylation is 1. The lowest BCUT2D eigenvalue weighted by atomic mass is 9.94. The molecule has 1 aliphatic carbocycles. The van der Waals surface area contributed by atoms with Crippen molar-refractivity contribution < 1.29 is 13.2 Å². The predicted octanol–water partition coefficient (Wildman–Crippen LogP) is 4.21. The summed E-state index contributed by atoms with van der Waals surface area (Å²) in [6.45, 7) is 3.15. The Bertz CT molecular complexity index is 824. The molecular formula is C19H23F3N4S. The average Bonchev–Trinajstić information content (AvgIpc) is 3.31. The van der Waals surface area contributed by atoms with E-state index in [-0.39, 0.29) is 5.41 Å². The molecule has 0 radical (unpaired) electrons. The van der Waals surface area contributed by atoms with Gasteiger partial charge in [-0.05, 0) is 31.4 Å². The molecular weight excluding hydrogens is 373 g/mol. The van der Waals surface area contributed by atoms with Crippen LogP contribution in [-0.4, -0.2) is 36.5 Å². The Hall–Kier alpha value is -2.09. The average molecular weight is 396 g/mol. The van der Waals surface area contributed by atoms with E-state index in [0.717, 1.165) is 35.2 Å². The summed E-state index contributed by atoms with van der Waals surface area (Å²) in [4.78, 5) is 10.7. The minimum absolute atomic E-state index is 0.255. The number of thiazole rings is 1.